The molecule has 1 fully saturated rings. The lowest BCUT2D eigenvalue weighted by Gasteiger charge is -2.36. The molecule has 0 bridgehead atoms. The number of nitrogen functional groups attached to an aromatic ring is 1. The van der Waals surface area contributed by atoms with Crippen LogP contribution in [0.3, 0.4) is 0 Å². The summed E-state index contributed by atoms with van der Waals surface area (Å²) in [5.41, 5.74) is 8.84. The molecule has 0 saturated carbocycles. The first-order valence-electron chi connectivity index (χ1n) is 6.47. The summed E-state index contributed by atoms with van der Waals surface area (Å²) in [4.78, 5) is 14.1. The SMILES string of the molecule is CNC(=O)C1CCCCN1c1cc(C)cc(N)c1. The minimum atomic E-state index is -0.0649. The van der Waals surface area contributed by atoms with E-state index >= 15 is 0 Å². The van der Waals surface area contributed by atoms with E-state index in [1.165, 1.54) is 0 Å². The monoisotopic (exact) mass is 247 g/mol. The summed E-state index contributed by atoms with van der Waals surface area (Å²) in [5, 5.41) is 2.75. The van der Waals surface area contributed by atoms with Gasteiger partial charge in [0.1, 0.15) is 6.04 Å². The van der Waals surface area contributed by atoms with Crippen LogP contribution < -0.4 is 16.0 Å². The lowest BCUT2D eigenvalue weighted by molar-refractivity contribution is -0.122. The van der Waals surface area contributed by atoms with Gasteiger partial charge in [-0.15, -0.1) is 0 Å². The normalized spacial score (nSPS) is 19.7. The van der Waals surface area contributed by atoms with Crippen LogP contribution in [0.25, 0.3) is 0 Å². The van der Waals surface area contributed by atoms with Crippen LogP contribution >= 0.6 is 0 Å². The maximum atomic E-state index is 11.9. The molecule has 4 nitrogen and oxygen atoms in total. The Bertz CT molecular complexity index is 424. The fourth-order valence-corrected chi connectivity index (χ4v) is 2.64. The first kappa shape index (κ1) is 12.7. The highest BCUT2D eigenvalue weighted by Gasteiger charge is 2.28. The van der Waals surface area contributed by atoms with Crippen molar-refractivity contribution in [2.45, 2.75) is 32.2 Å². The van der Waals surface area contributed by atoms with Gasteiger partial charge >= 0.3 is 0 Å². The Morgan fingerprint density at radius 2 is 2.17 bits per heavy atom. The number of piperidine rings is 1. The summed E-state index contributed by atoms with van der Waals surface area (Å²) in [6.45, 7) is 2.94. The van der Waals surface area contributed by atoms with Crippen molar-refractivity contribution in [2.75, 3.05) is 24.2 Å². The van der Waals surface area contributed by atoms with Gasteiger partial charge in [-0.1, -0.05) is 0 Å². The molecule has 1 heterocycles. The molecule has 1 aliphatic rings. The number of amides is 1. The number of carbonyl (C=O) groups excluding carboxylic acids is 1. The maximum Gasteiger partial charge on any atom is 0.242 e. The van der Waals surface area contributed by atoms with E-state index < -0.39 is 0 Å². The fraction of sp³-hybridized carbons (Fsp3) is 0.500. The lowest BCUT2D eigenvalue weighted by atomic mass is 10.00. The number of anilines is 2. The van der Waals surface area contributed by atoms with Crippen LogP contribution in [-0.4, -0.2) is 25.5 Å². The minimum Gasteiger partial charge on any atom is -0.399 e. The average molecular weight is 247 g/mol. The van der Waals surface area contributed by atoms with E-state index in [9.17, 15) is 4.79 Å². The van der Waals surface area contributed by atoms with Crippen LogP contribution in [0, 0.1) is 6.92 Å². The molecule has 18 heavy (non-hydrogen) atoms. The van der Waals surface area contributed by atoms with E-state index in [-0.39, 0.29) is 11.9 Å². The second kappa shape index (κ2) is 5.29. The first-order chi connectivity index (χ1) is 8.61. The second-order valence-electron chi connectivity index (χ2n) is 4.92. The second-order valence-corrected chi connectivity index (χ2v) is 4.92. The maximum absolute atomic E-state index is 11.9. The van der Waals surface area contributed by atoms with Crippen LogP contribution in [0.15, 0.2) is 18.2 Å². The molecule has 1 aromatic rings. The van der Waals surface area contributed by atoms with Crippen molar-refractivity contribution in [3.63, 3.8) is 0 Å². The Morgan fingerprint density at radius 3 is 2.83 bits per heavy atom. The summed E-state index contributed by atoms with van der Waals surface area (Å²) < 4.78 is 0. The third-order valence-corrected chi connectivity index (χ3v) is 3.47. The van der Waals surface area contributed by atoms with Crippen LogP contribution in [0.5, 0.6) is 0 Å². The Hall–Kier alpha value is -1.71. The van der Waals surface area contributed by atoms with Crippen molar-refractivity contribution in [3.05, 3.63) is 23.8 Å². The van der Waals surface area contributed by atoms with Crippen molar-refractivity contribution >= 4 is 17.3 Å². The minimum absolute atomic E-state index is 0.0649. The molecule has 1 amide bonds. The summed E-state index contributed by atoms with van der Waals surface area (Å²) in [7, 11) is 1.69. The van der Waals surface area contributed by atoms with Crippen molar-refractivity contribution in [2.24, 2.45) is 0 Å². The molecule has 0 spiro atoms. The van der Waals surface area contributed by atoms with Crippen LogP contribution in [0.1, 0.15) is 24.8 Å². The van der Waals surface area contributed by atoms with Crippen molar-refractivity contribution in [1.29, 1.82) is 0 Å². The van der Waals surface area contributed by atoms with Gasteiger partial charge in [-0.3, -0.25) is 4.79 Å². The largest absolute Gasteiger partial charge is 0.399 e. The number of hydrogen-bond donors (Lipinski definition) is 2. The molecule has 2 rings (SSSR count). The van der Waals surface area contributed by atoms with E-state index in [1.54, 1.807) is 7.05 Å². The summed E-state index contributed by atoms with van der Waals surface area (Å²) in [6.07, 6.45) is 3.14. The van der Waals surface area contributed by atoms with E-state index in [2.05, 4.69) is 16.3 Å². The molecule has 1 atom stereocenters. The molecular weight excluding hydrogens is 226 g/mol. The highest BCUT2D eigenvalue weighted by Crippen LogP contribution is 2.27. The molecule has 1 saturated heterocycles. The third kappa shape index (κ3) is 2.58. The zero-order valence-electron chi connectivity index (χ0n) is 11.1. The van der Waals surface area contributed by atoms with E-state index in [0.717, 1.165) is 42.7 Å². The molecule has 1 aliphatic heterocycles. The third-order valence-electron chi connectivity index (χ3n) is 3.47. The van der Waals surface area contributed by atoms with Gasteiger partial charge in [0, 0.05) is 25.0 Å². The number of likely N-dealkylation sites (N-methyl/N-ethyl adjacent to an activating group) is 1. The van der Waals surface area contributed by atoms with Crippen LogP contribution in [0.2, 0.25) is 0 Å². The topological polar surface area (TPSA) is 58.4 Å². The van der Waals surface area contributed by atoms with Gasteiger partial charge in [0.15, 0.2) is 0 Å². The fourth-order valence-electron chi connectivity index (χ4n) is 2.64. The van der Waals surface area contributed by atoms with E-state index in [0.29, 0.717) is 0 Å². The molecule has 0 radical (unpaired) electrons. The Balaban J connectivity index is 2.30. The molecule has 1 aromatic carbocycles. The predicted octanol–water partition coefficient (Wildman–Crippen LogP) is 1.68. The number of benzene rings is 1. The number of carbonyl (C=O) groups is 1. The molecular formula is C14H21N3O. The van der Waals surface area contributed by atoms with Gasteiger partial charge in [-0.05, 0) is 49.9 Å². The van der Waals surface area contributed by atoms with Gasteiger partial charge in [-0.25, -0.2) is 0 Å². The highest BCUT2D eigenvalue weighted by atomic mass is 16.2. The number of nitrogens with two attached hydrogens (primary N) is 1. The molecule has 3 N–H and O–H groups in total. The molecule has 1 unspecified atom stereocenters. The zero-order chi connectivity index (χ0) is 13.1. The Kier molecular flexibility index (Phi) is 3.75. The van der Waals surface area contributed by atoms with Crippen molar-refractivity contribution in [3.8, 4) is 0 Å². The number of rotatable bonds is 2. The van der Waals surface area contributed by atoms with Crippen molar-refractivity contribution < 1.29 is 4.79 Å². The van der Waals surface area contributed by atoms with Gasteiger partial charge in [0.2, 0.25) is 5.91 Å². The van der Waals surface area contributed by atoms with Crippen molar-refractivity contribution in [1.82, 2.24) is 5.32 Å². The number of hydrogen-bond acceptors (Lipinski definition) is 3. The van der Waals surface area contributed by atoms with E-state index in [1.807, 2.05) is 19.1 Å². The summed E-state index contributed by atoms with van der Waals surface area (Å²) in [5.74, 6) is 0.0924. The molecule has 0 aliphatic carbocycles. The number of aryl methyl sites for hydroxylation is 1. The van der Waals surface area contributed by atoms with Crippen LogP contribution in [-0.2, 0) is 4.79 Å². The lowest BCUT2D eigenvalue weighted by Crippen LogP contribution is -2.48. The molecule has 0 aromatic heterocycles. The van der Waals surface area contributed by atoms with E-state index in [4.69, 9.17) is 5.73 Å². The first-order valence-corrected chi connectivity index (χ1v) is 6.47. The predicted molar refractivity (Wildman–Crippen MR) is 74.6 cm³/mol. The van der Waals surface area contributed by atoms with Gasteiger partial charge < -0.3 is 16.0 Å². The summed E-state index contributed by atoms with van der Waals surface area (Å²) >= 11 is 0. The molecule has 4 heteroatoms. The smallest absolute Gasteiger partial charge is 0.242 e. The van der Waals surface area contributed by atoms with Gasteiger partial charge in [0.05, 0.1) is 0 Å². The van der Waals surface area contributed by atoms with Gasteiger partial charge in [-0.2, -0.15) is 0 Å². The standard InChI is InChI=1S/C14H21N3O/c1-10-7-11(15)9-12(8-10)17-6-4-3-5-13(17)14(18)16-2/h7-9,13H,3-6,15H2,1-2H3,(H,16,18). The average Bonchev–Trinajstić information content (AvgIpc) is 2.36. The summed E-state index contributed by atoms with van der Waals surface area (Å²) in [6, 6.07) is 5.93. The Labute approximate surface area is 108 Å². The van der Waals surface area contributed by atoms with Gasteiger partial charge in [0.25, 0.3) is 0 Å². The highest BCUT2D eigenvalue weighted by molar-refractivity contribution is 5.85. The quantitative estimate of drug-likeness (QED) is 0.782. The van der Waals surface area contributed by atoms with Crippen LogP contribution in [0.4, 0.5) is 11.4 Å². The molecule has 98 valence electrons. The number of nitrogens with one attached hydrogen (secondary N) is 1. The Morgan fingerprint density at radius 1 is 1.39 bits per heavy atom. The zero-order valence-corrected chi connectivity index (χ0v) is 11.1. The number of nitrogens with zero attached hydrogens (tertiary/aromatic N) is 1.